The fourth-order valence-corrected chi connectivity index (χ4v) is 4.17. The number of hydrogen-bond acceptors (Lipinski definition) is 6. The average molecular weight is 367 g/mol. The van der Waals surface area contributed by atoms with E-state index in [1.807, 2.05) is 41.6 Å². The number of hydrogen-bond donors (Lipinski definition) is 1. The van der Waals surface area contributed by atoms with Crippen molar-refractivity contribution in [2.24, 2.45) is 0 Å². The maximum atomic E-state index is 13.1. The van der Waals surface area contributed by atoms with Crippen molar-refractivity contribution in [3.05, 3.63) is 47.2 Å². The number of likely N-dealkylation sites (tertiary alicyclic amines) is 1. The predicted molar refractivity (Wildman–Crippen MR) is 103 cm³/mol. The summed E-state index contributed by atoms with van der Waals surface area (Å²) in [4.78, 5) is 28.3. The van der Waals surface area contributed by atoms with E-state index < -0.39 is 0 Å². The summed E-state index contributed by atoms with van der Waals surface area (Å²) in [6.07, 6.45) is 5.67. The first-order valence-electron chi connectivity index (χ1n) is 8.86. The second-order valence-corrected chi connectivity index (χ2v) is 7.59. The lowest BCUT2D eigenvalue weighted by Gasteiger charge is -2.21. The van der Waals surface area contributed by atoms with E-state index in [1.165, 1.54) is 11.3 Å². The van der Waals surface area contributed by atoms with E-state index in [9.17, 15) is 4.79 Å². The van der Waals surface area contributed by atoms with Gasteiger partial charge in [0.05, 0.1) is 16.3 Å². The summed E-state index contributed by atoms with van der Waals surface area (Å²) in [5, 5.41) is 5.27. The number of fused-ring (bicyclic) bond motifs is 1. The van der Waals surface area contributed by atoms with Crippen molar-refractivity contribution in [3.8, 4) is 0 Å². The van der Waals surface area contributed by atoms with E-state index in [2.05, 4.69) is 27.2 Å². The highest BCUT2D eigenvalue weighted by molar-refractivity contribution is 7.17. The zero-order valence-electron chi connectivity index (χ0n) is 14.8. The fraction of sp³-hybridized carbons (Fsp3) is 0.368. The molecule has 134 valence electrons. The first-order valence-corrected chi connectivity index (χ1v) is 9.74. The van der Waals surface area contributed by atoms with Gasteiger partial charge >= 0.3 is 0 Å². The molecule has 6 nitrogen and oxygen atoms in total. The van der Waals surface area contributed by atoms with Gasteiger partial charge in [0.25, 0.3) is 5.91 Å². The standard InChI is InChI=1S/C19H21N5OS/c1-12-5-4-9-24(12)18(25)16-17-15(7-10-26-17)22-19(23-16)21-13(2)14-6-3-8-20-11-14/h3,6-8,10-13H,4-5,9H2,1-2H3,(H,21,22,23)/t12-,13?/m1/s1. The minimum atomic E-state index is -0.00607. The van der Waals surface area contributed by atoms with Crippen LogP contribution in [0.1, 0.15) is 48.8 Å². The van der Waals surface area contributed by atoms with Crippen LogP contribution in [0, 0.1) is 0 Å². The highest BCUT2D eigenvalue weighted by atomic mass is 32.1. The molecule has 26 heavy (non-hydrogen) atoms. The lowest BCUT2D eigenvalue weighted by molar-refractivity contribution is 0.0744. The summed E-state index contributed by atoms with van der Waals surface area (Å²) in [7, 11) is 0. The summed E-state index contributed by atoms with van der Waals surface area (Å²) >= 11 is 1.52. The SMILES string of the molecule is CC(Nc1nc(C(=O)N2CCC[C@H]2C)c2sccc2n1)c1cccnc1. The Morgan fingerprint density at radius 1 is 1.38 bits per heavy atom. The maximum Gasteiger partial charge on any atom is 0.274 e. The van der Waals surface area contributed by atoms with Crippen molar-refractivity contribution in [2.45, 2.75) is 38.8 Å². The van der Waals surface area contributed by atoms with Gasteiger partial charge in [-0.25, -0.2) is 9.97 Å². The van der Waals surface area contributed by atoms with E-state index in [4.69, 9.17) is 0 Å². The number of rotatable bonds is 4. The van der Waals surface area contributed by atoms with Crippen molar-refractivity contribution in [1.82, 2.24) is 19.9 Å². The number of pyridine rings is 1. The van der Waals surface area contributed by atoms with Gasteiger partial charge in [0.15, 0.2) is 5.69 Å². The topological polar surface area (TPSA) is 71.0 Å². The molecule has 0 bridgehead atoms. The van der Waals surface area contributed by atoms with Gasteiger partial charge in [0, 0.05) is 25.0 Å². The molecule has 0 saturated carbocycles. The Hall–Kier alpha value is -2.54. The molecule has 0 radical (unpaired) electrons. The molecule has 1 fully saturated rings. The zero-order chi connectivity index (χ0) is 18.1. The van der Waals surface area contributed by atoms with Crippen LogP contribution < -0.4 is 5.32 Å². The molecule has 1 saturated heterocycles. The maximum absolute atomic E-state index is 13.1. The molecule has 1 amide bonds. The molecule has 0 spiro atoms. The van der Waals surface area contributed by atoms with Crippen LogP contribution in [-0.2, 0) is 0 Å². The van der Waals surface area contributed by atoms with Gasteiger partial charge in [0.1, 0.15) is 0 Å². The number of carbonyl (C=O) groups excluding carboxylic acids is 1. The molecule has 3 aromatic heterocycles. The second-order valence-electron chi connectivity index (χ2n) is 6.67. The van der Waals surface area contributed by atoms with Gasteiger partial charge in [-0.15, -0.1) is 11.3 Å². The molecule has 1 unspecified atom stereocenters. The molecule has 7 heteroatoms. The van der Waals surface area contributed by atoms with Crippen LogP contribution in [0.15, 0.2) is 36.0 Å². The predicted octanol–water partition coefficient (Wildman–Crippen LogP) is 3.88. The summed E-state index contributed by atoms with van der Waals surface area (Å²) in [6, 6.07) is 6.10. The van der Waals surface area contributed by atoms with Crippen LogP contribution in [-0.4, -0.2) is 38.3 Å². The summed E-state index contributed by atoms with van der Waals surface area (Å²) < 4.78 is 0.855. The molecule has 1 N–H and O–H groups in total. The normalized spacial score (nSPS) is 18.2. The number of nitrogens with zero attached hydrogens (tertiary/aromatic N) is 4. The smallest absolute Gasteiger partial charge is 0.274 e. The largest absolute Gasteiger partial charge is 0.348 e. The molecule has 0 aliphatic carbocycles. The van der Waals surface area contributed by atoms with E-state index in [1.54, 1.807) is 6.20 Å². The van der Waals surface area contributed by atoms with E-state index in [0.717, 1.165) is 35.2 Å². The summed E-state index contributed by atoms with van der Waals surface area (Å²) in [5.74, 6) is 0.476. The van der Waals surface area contributed by atoms with Gasteiger partial charge in [0.2, 0.25) is 5.95 Å². The monoisotopic (exact) mass is 367 g/mol. The second kappa shape index (κ2) is 6.99. The Bertz CT molecular complexity index is 926. The van der Waals surface area contributed by atoms with Gasteiger partial charge in [-0.1, -0.05) is 6.07 Å². The minimum Gasteiger partial charge on any atom is -0.348 e. The van der Waals surface area contributed by atoms with E-state index in [0.29, 0.717) is 11.6 Å². The molecular weight excluding hydrogens is 346 g/mol. The number of anilines is 1. The van der Waals surface area contributed by atoms with Crippen LogP contribution in [0.25, 0.3) is 10.2 Å². The molecule has 2 atom stereocenters. The lowest BCUT2D eigenvalue weighted by atomic mass is 10.1. The molecule has 3 aromatic rings. The van der Waals surface area contributed by atoms with Gasteiger partial charge < -0.3 is 10.2 Å². The van der Waals surface area contributed by atoms with E-state index >= 15 is 0 Å². The highest BCUT2D eigenvalue weighted by Gasteiger charge is 2.29. The van der Waals surface area contributed by atoms with Gasteiger partial charge in [-0.3, -0.25) is 9.78 Å². The van der Waals surface area contributed by atoms with Gasteiger partial charge in [-0.2, -0.15) is 0 Å². The molecule has 4 heterocycles. The first-order chi connectivity index (χ1) is 12.6. The van der Waals surface area contributed by atoms with Crippen LogP contribution >= 0.6 is 11.3 Å². The Morgan fingerprint density at radius 3 is 3.00 bits per heavy atom. The highest BCUT2D eigenvalue weighted by Crippen LogP contribution is 2.28. The third-order valence-electron chi connectivity index (χ3n) is 4.85. The number of amides is 1. The first kappa shape index (κ1) is 16.9. The van der Waals surface area contributed by atoms with Crippen molar-refractivity contribution in [1.29, 1.82) is 0 Å². The van der Waals surface area contributed by atoms with Crippen molar-refractivity contribution >= 4 is 33.4 Å². The van der Waals surface area contributed by atoms with Gasteiger partial charge in [-0.05, 0) is 49.8 Å². The fourth-order valence-electron chi connectivity index (χ4n) is 3.35. The van der Waals surface area contributed by atoms with Crippen LogP contribution in [0.5, 0.6) is 0 Å². The lowest BCUT2D eigenvalue weighted by Crippen LogP contribution is -2.34. The molecule has 0 aromatic carbocycles. The number of thiophene rings is 1. The number of carbonyl (C=O) groups is 1. The van der Waals surface area contributed by atoms with Crippen molar-refractivity contribution in [3.63, 3.8) is 0 Å². The molecular formula is C19H21N5OS. The average Bonchev–Trinajstić information content (AvgIpc) is 3.30. The Balaban J connectivity index is 1.67. The van der Waals surface area contributed by atoms with E-state index in [-0.39, 0.29) is 18.0 Å². The minimum absolute atomic E-state index is 0.00179. The molecule has 1 aliphatic rings. The number of aromatic nitrogens is 3. The third kappa shape index (κ3) is 3.14. The Labute approximate surface area is 156 Å². The number of nitrogens with one attached hydrogen (secondary N) is 1. The summed E-state index contributed by atoms with van der Waals surface area (Å²) in [6.45, 7) is 4.93. The van der Waals surface area contributed by atoms with Crippen LogP contribution in [0.4, 0.5) is 5.95 Å². The van der Waals surface area contributed by atoms with Crippen molar-refractivity contribution in [2.75, 3.05) is 11.9 Å². The third-order valence-corrected chi connectivity index (χ3v) is 5.76. The summed E-state index contributed by atoms with van der Waals surface area (Å²) in [5.41, 5.74) is 2.35. The Morgan fingerprint density at radius 2 is 2.27 bits per heavy atom. The zero-order valence-corrected chi connectivity index (χ0v) is 15.7. The molecule has 4 rings (SSSR count). The Kier molecular flexibility index (Phi) is 4.55. The quantitative estimate of drug-likeness (QED) is 0.758. The van der Waals surface area contributed by atoms with Crippen LogP contribution in [0.2, 0.25) is 0 Å². The molecule has 1 aliphatic heterocycles. The van der Waals surface area contributed by atoms with Crippen LogP contribution in [0.3, 0.4) is 0 Å². The van der Waals surface area contributed by atoms with Crippen molar-refractivity contribution < 1.29 is 4.79 Å².